The highest BCUT2D eigenvalue weighted by atomic mass is 79.9. The van der Waals surface area contributed by atoms with Crippen LogP contribution in [0.2, 0.25) is 0 Å². The van der Waals surface area contributed by atoms with Gasteiger partial charge in [-0.3, -0.25) is 9.59 Å². The second-order valence-electron chi connectivity index (χ2n) is 9.31. The molecule has 1 unspecified atom stereocenters. The van der Waals surface area contributed by atoms with Gasteiger partial charge in [0.25, 0.3) is 0 Å². The van der Waals surface area contributed by atoms with E-state index in [0.29, 0.717) is 17.4 Å². The van der Waals surface area contributed by atoms with Gasteiger partial charge in [-0.15, -0.1) is 0 Å². The lowest BCUT2D eigenvalue weighted by Crippen LogP contribution is -3.00. The van der Waals surface area contributed by atoms with Crippen LogP contribution in [0.5, 0.6) is 0 Å². The van der Waals surface area contributed by atoms with E-state index in [0.717, 1.165) is 42.6 Å². The Morgan fingerprint density at radius 2 is 1.38 bits per heavy atom. The Hall–Kier alpha value is -2.76. The van der Waals surface area contributed by atoms with Crippen LogP contribution in [0.15, 0.2) is 91.0 Å². The molecule has 1 aliphatic rings. The molecule has 4 rings (SSSR count). The molecule has 0 amide bonds. The van der Waals surface area contributed by atoms with Gasteiger partial charge in [-0.25, -0.2) is 0 Å². The monoisotopic (exact) mass is 521 g/mol. The Morgan fingerprint density at radius 3 is 1.97 bits per heavy atom. The summed E-state index contributed by atoms with van der Waals surface area (Å²) in [6.45, 7) is 2.06. The van der Waals surface area contributed by atoms with Gasteiger partial charge in [-0.2, -0.15) is 0 Å². The number of ether oxygens (including phenoxy) is 1. The van der Waals surface area contributed by atoms with E-state index in [9.17, 15) is 9.59 Å². The summed E-state index contributed by atoms with van der Waals surface area (Å²) >= 11 is 0. The van der Waals surface area contributed by atoms with Crippen LogP contribution in [0.1, 0.15) is 40.4 Å². The van der Waals surface area contributed by atoms with Crippen LogP contribution in [-0.4, -0.2) is 42.9 Å². The summed E-state index contributed by atoms with van der Waals surface area (Å²) in [5, 5.41) is 0. The maximum Gasteiger partial charge on any atom is 0.310 e. The molecule has 0 spiro atoms. The molecule has 1 fully saturated rings. The zero-order chi connectivity index (χ0) is 23.1. The second kappa shape index (κ2) is 12.1. The van der Waals surface area contributed by atoms with E-state index < -0.39 is 0 Å². The number of hydrogen-bond donors (Lipinski definition) is 0. The van der Waals surface area contributed by atoms with Crippen LogP contribution in [0.25, 0.3) is 0 Å². The molecule has 5 heteroatoms. The van der Waals surface area contributed by atoms with Crippen LogP contribution in [0.3, 0.4) is 0 Å². The smallest absolute Gasteiger partial charge is 0.310 e. The van der Waals surface area contributed by atoms with Crippen molar-refractivity contribution in [3.8, 4) is 0 Å². The third kappa shape index (κ3) is 6.87. The SMILES string of the molecule is C[N@+]1(CC(=O)c2ccccc2)CC[C@H](C(=O)OC(Cc2ccccc2)c2ccccc2)CC1.[Br-]. The highest BCUT2D eigenvalue weighted by Crippen LogP contribution is 2.28. The summed E-state index contributed by atoms with van der Waals surface area (Å²) in [4.78, 5) is 25.8. The van der Waals surface area contributed by atoms with Gasteiger partial charge >= 0.3 is 5.97 Å². The molecule has 0 saturated carbocycles. The van der Waals surface area contributed by atoms with E-state index in [1.165, 1.54) is 0 Å². The Kier molecular flexibility index (Phi) is 9.20. The van der Waals surface area contributed by atoms with Crippen molar-refractivity contribution < 1.29 is 35.8 Å². The molecule has 1 aliphatic heterocycles. The number of carbonyl (C=O) groups is 2. The first-order chi connectivity index (χ1) is 16.0. The third-order valence-electron chi connectivity index (χ3n) is 6.68. The molecular formula is C29H32BrNO3. The summed E-state index contributed by atoms with van der Waals surface area (Å²) in [6.07, 6.45) is 1.83. The zero-order valence-electron chi connectivity index (χ0n) is 19.6. The van der Waals surface area contributed by atoms with Gasteiger partial charge in [0, 0.05) is 24.8 Å². The molecule has 0 N–H and O–H groups in total. The summed E-state index contributed by atoms with van der Waals surface area (Å²) in [5.74, 6) is -0.0865. The predicted octanol–water partition coefficient (Wildman–Crippen LogP) is 2.26. The van der Waals surface area contributed by atoms with E-state index in [1.54, 1.807) is 0 Å². The number of rotatable bonds is 8. The summed E-state index contributed by atoms with van der Waals surface area (Å²) in [7, 11) is 2.12. The highest BCUT2D eigenvalue weighted by Gasteiger charge is 2.36. The first-order valence-corrected chi connectivity index (χ1v) is 11.7. The molecule has 0 aliphatic carbocycles. The maximum atomic E-state index is 13.1. The van der Waals surface area contributed by atoms with Gasteiger partial charge in [0.05, 0.1) is 26.1 Å². The zero-order valence-corrected chi connectivity index (χ0v) is 21.2. The number of benzene rings is 3. The number of nitrogens with zero attached hydrogens (tertiary/aromatic N) is 1. The quantitative estimate of drug-likeness (QED) is 0.259. The van der Waals surface area contributed by atoms with E-state index in [1.807, 2.05) is 78.9 Å². The van der Waals surface area contributed by atoms with Crippen LogP contribution in [-0.2, 0) is 16.0 Å². The average Bonchev–Trinajstić information content (AvgIpc) is 2.85. The van der Waals surface area contributed by atoms with E-state index >= 15 is 0 Å². The van der Waals surface area contributed by atoms with Crippen molar-refractivity contribution in [2.24, 2.45) is 5.92 Å². The molecule has 1 heterocycles. The summed E-state index contributed by atoms with van der Waals surface area (Å²) < 4.78 is 6.76. The number of Topliss-reactive ketones (excluding diaryl/α,β-unsaturated/α-hetero) is 1. The number of ketones is 1. The topological polar surface area (TPSA) is 43.4 Å². The first kappa shape index (κ1) is 25.9. The van der Waals surface area contributed by atoms with E-state index in [-0.39, 0.29) is 40.8 Å². The van der Waals surface area contributed by atoms with Crippen molar-refractivity contribution in [1.29, 1.82) is 0 Å². The average molecular weight is 522 g/mol. The van der Waals surface area contributed by atoms with Gasteiger partial charge in [0.1, 0.15) is 12.6 Å². The fraction of sp³-hybridized carbons (Fsp3) is 0.310. The number of piperidine rings is 1. The van der Waals surface area contributed by atoms with Gasteiger partial charge in [-0.05, 0) is 11.1 Å². The highest BCUT2D eigenvalue weighted by molar-refractivity contribution is 5.96. The summed E-state index contributed by atoms with van der Waals surface area (Å²) in [6, 6.07) is 29.6. The van der Waals surface area contributed by atoms with Crippen molar-refractivity contribution in [3.63, 3.8) is 0 Å². The molecule has 4 nitrogen and oxygen atoms in total. The molecule has 34 heavy (non-hydrogen) atoms. The number of likely N-dealkylation sites (N-methyl/N-ethyl adjacent to an activating group) is 1. The Balaban J connectivity index is 0.00000324. The van der Waals surface area contributed by atoms with E-state index in [4.69, 9.17) is 4.74 Å². The largest absolute Gasteiger partial charge is 1.00 e. The minimum Gasteiger partial charge on any atom is -1.00 e. The standard InChI is InChI=1S/C29H32NO3.BrH/c1-30(22-27(31)24-13-7-3-8-14-24)19-17-26(18-20-30)29(32)33-28(25-15-9-4-10-16-25)21-23-11-5-2-6-12-23;/h2-16,26,28H,17-22H2,1H3;1H/q+1;/p-1/t26-,28?,30-;. The van der Waals surface area contributed by atoms with Gasteiger partial charge in [-0.1, -0.05) is 91.0 Å². The molecule has 0 radical (unpaired) electrons. The number of carbonyl (C=O) groups excluding carboxylic acids is 2. The van der Waals surface area contributed by atoms with Gasteiger partial charge in [0.15, 0.2) is 0 Å². The van der Waals surface area contributed by atoms with Gasteiger partial charge < -0.3 is 26.2 Å². The molecule has 1 saturated heterocycles. The molecule has 3 aromatic rings. The number of esters is 1. The van der Waals surface area contributed by atoms with Crippen LogP contribution in [0, 0.1) is 5.92 Å². The van der Waals surface area contributed by atoms with Crippen LogP contribution in [0.4, 0.5) is 0 Å². The predicted molar refractivity (Wildman–Crippen MR) is 130 cm³/mol. The van der Waals surface area contributed by atoms with Crippen molar-refractivity contribution >= 4 is 11.8 Å². The normalized spacial score (nSPS) is 20.6. The molecular weight excluding hydrogens is 490 g/mol. The fourth-order valence-electron chi connectivity index (χ4n) is 4.61. The number of halogens is 1. The van der Waals surface area contributed by atoms with Crippen molar-refractivity contribution in [2.75, 3.05) is 26.7 Å². The fourth-order valence-corrected chi connectivity index (χ4v) is 4.61. The van der Waals surface area contributed by atoms with Crippen molar-refractivity contribution in [3.05, 3.63) is 108 Å². The molecule has 178 valence electrons. The first-order valence-electron chi connectivity index (χ1n) is 11.7. The second-order valence-corrected chi connectivity index (χ2v) is 9.31. The number of hydrogen-bond acceptors (Lipinski definition) is 3. The van der Waals surface area contributed by atoms with Crippen LogP contribution >= 0.6 is 0 Å². The van der Waals surface area contributed by atoms with Gasteiger partial charge in [0.2, 0.25) is 5.78 Å². The van der Waals surface area contributed by atoms with E-state index in [2.05, 4.69) is 19.2 Å². The number of likely N-dealkylation sites (tertiary alicyclic amines) is 1. The lowest BCUT2D eigenvalue weighted by atomic mass is 9.94. The Bertz CT molecular complexity index is 1050. The minimum atomic E-state index is -0.302. The maximum absolute atomic E-state index is 13.1. The lowest BCUT2D eigenvalue weighted by Gasteiger charge is -2.39. The molecule has 3 aromatic carbocycles. The molecule has 1 atom stereocenters. The summed E-state index contributed by atoms with van der Waals surface area (Å²) in [5.41, 5.74) is 2.91. The van der Waals surface area contributed by atoms with Crippen LogP contribution < -0.4 is 17.0 Å². The lowest BCUT2D eigenvalue weighted by molar-refractivity contribution is -0.906. The third-order valence-corrected chi connectivity index (χ3v) is 6.68. The van der Waals surface area contributed by atoms with Crippen molar-refractivity contribution in [1.82, 2.24) is 0 Å². The molecule has 0 bridgehead atoms. The molecule has 0 aromatic heterocycles. The minimum absolute atomic E-state index is 0. The number of quaternary nitrogens is 1. The Labute approximate surface area is 212 Å². The van der Waals surface area contributed by atoms with Crippen molar-refractivity contribution in [2.45, 2.75) is 25.4 Å². The Morgan fingerprint density at radius 1 is 0.853 bits per heavy atom.